The summed E-state index contributed by atoms with van der Waals surface area (Å²) in [5.74, 6) is -0.872. The first-order valence-corrected chi connectivity index (χ1v) is 16.9. The van der Waals surface area contributed by atoms with E-state index in [1.165, 1.54) is 39.0 Å². The molecule has 0 spiro atoms. The maximum Gasteiger partial charge on any atom is 0.312 e. The highest BCUT2D eigenvalue weighted by Crippen LogP contribution is 2.76. The molecule has 45 heavy (non-hydrogen) atoms. The van der Waals surface area contributed by atoms with Crippen LogP contribution in [0.5, 0.6) is 0 Å². The van der Waals surface area contributed by atoms with Crippen LogP contribution in [0.1, 0.15) is 107 Å². The van der Waals surface area contributed by atoms with Crippen LogP contribution < -0.4 is 0 Å². The van der Waals surface area contributed by atoms with Crippen molar-refractivity contribution >= 4 is 23.9 Å². The maximum atomic E-state index is 13.6. The van der Waals surface area contributed by atoms with E-state index in [0.717, 1.165) is 44.9 Å². The number of rotatable bonds is 5. The summed E-state index contributed by atoms with van der Waals surface area (Å²) < 4.78 is 23.1. The molecule has 0 aromatic carbocycles. The molecule has 8 nitrogen and oxygen atoms in total. The Morgan fingerprint density at radius 2 is 1.58 bits per heavy atom. The lowest BCUT2D eigenvalue weighted by Gasteiger charge is -2.71. The lowest BCUT2D eigenvalue weighted by Crippen LogP contribution is -2.69. The smallest absolute Gasteiger partial charge is 0.312 e. The van der Waals surface area contributed by atoms with Crippen LogP contribution in [-0.4, -0.2) is 49.8 Å². The molecule has 0 aromatic heterocycles. The topological polar surface area (TPSA) is 105 Å². The van der Waals surface area contributed by atoms with E-state index in [4.69, 9.17) is 18.9 Å². The molecule has 8 heteroatoms. The Bertz CT molecular complexity index is 1320. The maximum absolute atomic E-state index is 13.6. The third kappa shape index (κ3) is 4.81. The lowest BCUT2D eigenvalue weighted by atomic mass is 9.33. The predicted molar refractivity (Wildman–Crippen MR) is 168 cm³/mol. The van der Waals surface area contributed by atoms with E-state index in [1.807, 2.05) is 6.92 Å². The van der Waals surface area contributed by atoms with Gasteiger partial charge in [0.25, 0.3) is 0 Å². The summed E-state index contributed by atoms with van der Waals surface area (Å²) >= 11 is 0. The Hall–Kier alpha value is -2.64. The predicted octanol–water partition coefficient (Wildman–Crippen LogP) is 6.75. The molecule has 0 radical (unpaired) electrons. The summed E-state index contributed by atoms with van der Waals surface area (Å²) in [6.45, 7) is 20.1. The Morgan fingerprint density at radius 3 is 2.18 bits per heavy atom. The van der Waals surface area contributed by atoms with Crippen molar-refractivity contribution in [1.82, 2.24) is 0 Å². The molecule has 4 fully saturated rings. The molecule has 0 unspecified atom stereocenters. The first-order valence-electron chi connectivity index (χ1n) is 16.9. The van der Waals surface area contributed by atoms with Crippen molar-refractivity contribution in [1.29, 1.82) is 0 Å². The van der Waals surface area contributed by atoms with Gasteiger partial charge in [-0.05, 0) is 85.4 Å². The third-order valence-electron chi connectivity index (χ3n) is 14.0. The number of hydrogen-bond acceptors (Lipinski definition) is 8. The van der Waals surface area contributed by atoms with Crippen LogP contribution >= 0.6 is 0 Å². The van der Waals surface area contributed by atoms with Gasteiger partial charge in [-0.3, -0.25) is 19.2 Å². The number of allylic oxidation sites excluding steroid dienone is 3. The number of carbonyl (C=O) groups excluding carboxylic acids is 4. The molecule has 5 rings (SSSR count). The van der Waals surface area contributed by atoms with Crippen molar-refractivity contribution in [3.8, 4) is 0 Å². The monoisotopic (exact) mass is 626 g/mol. The molecule has 0 bridgehead atoms. The molecule has 0 aromatic rings. The van der Waals surface area contributed by atoms with Crippen LogP contribution in [0.4, 0.5) is 0 Å². The second-order valence-corrected chi connectivity index (χ2v) is 16.0. The molecular formula is C37H54O8. The lowest BCUT2D eigenvalue weighted by molar-refractivity contribution is -0.255. The fourth-order valence-corrected chi connectivity index (χ4v) is 11.8. The van der Waals surface area contributed by atoms with Crippen LogP contribution in [0, 0.1) is 50.7 Å². The van der Waals surface area contributed by atoms with E-state index in [1.54, 1.807) is 0 Å². The van der Waals surface area contributed by atoms with Gasteiger partial charge in [0.2, 0.25) is 0 Å². The minimum atomic E-state index is -0.765. The highest BCUT2D eigenvalue weighted by molar-refractivity contribution is 5.79. The zero-order valence-electron chi connectivity index (χ0n) is 28.9. The highest BCUT2D eigenvalue weighted by Gasteiger charge is 2.72. The van der Waals surface area contributed by atoms with Crippen LogP contribution in [0.3, 0.4) is 0 Å². The van der Waals surface area contributed by atoms with Gasteiger partial charge in [-0.15, -0.1) is 0 Å². The van der Waals surface area contributed by atoms with Crippen LogP contribution in [0.25, 0.3) is 0 Å². The summed E-state index contributed by atoms with van der Waals surface area (Å²) in [6.07, 6.45) is 7.50. The SMILES string of the molecule is C=C1CC[C@]2(C(=O)OC)CC[C@]3(C)C(=CC[C@@H]4[C@@]5(C)C[C@@H](OC(C)=O)[C@H](OC(C)=O)[C@@](C)(COC(C)=O)[C@@H]5CC[C@]43C)[C@@H]2[C@H]1C. The minimum absolute atomic E-state index is 0.0447. The molecule has 0 heterocycles. The fourth-order valence-electron chi connectivity index (χ4n) is 11.8. The normalized spacial score (nSPS) is 45.4. The van der Waals surface area contributed by atoms with Crippen LogP contribution in [0.15, 0.2) is 23.8 Å². The largest absolute Gasteiger partial charge is 0.469 e. The van der Waals surface area contributed by atoms with Crippen molar-refractivity contribution in [2.45, 2.75) is 119 Å². The van der Waals surface area contributed by atoms with E-state index >= 15 is 0 Å². The summed E-state index contributed by atoms with van der Waals surface area (Å²) in [7, 11) is 1.52. The van der Waals surface area contributed by atoms with Crippen molar-refractivity contribution < 1.29 is 38.1 Å². The molecule has 0 aliphatic heterocycles. The molecule has 5 aliphatic rings. The van der Waals surface area contributed by atoms with E-state index in [-0.39, 0.29) is 52.5 Å². The molecule has 4 saturated carbocycles. The van der Waals surface area contributed by atoms with Crippen molar-refractivity contribution in [3.05, 3.63) is 23.8 Å². The quantitative estimate of drug-likeness (QED) is 0.187. The zero-order chi connectivity index (χ0) is 33.3. The minimum Gasteiger partial charge on any atom is -0.469 e. The summed E-state index contributed by atoms with van der Waals surface area (Å²) in [5, 5.41) is 0. The molecule has 5 aliphatic carbocycles. The van der Waals surface area contributed by atoms with E-state index in [0.29, 0.717) is 6.42 Å². The number of hydrogen-bond donors (Lipinski definition) is 0. The van der Waals surface area contributed by atoms with Gasteiger partial charge in [0.1, 0.15) is 18.8 Å². The van der Waals surface area contributed by atoms with Gasteiger partial charge in [-0.2, -0.15) is 0 Å². The number of ether oxygens (including phenoxy) is 4. The molecule has 0 N–H and O–H groups in total. The van der Waals surface area contributed by atoms with Gasteiger partial charge >= 0.3 is 23.9 Å². The first-order chi connectivity index (χ1) is 20.9. The van der Waals surface area contributed by atoms with E-state index in [2.05, 4.69) is 40.3 Å². The molecular weight excluding hydrogens is 572 g/mol. The molecule has 0 amide bonds. The number of esters is 4. The zero-order valence-corrected chi connectivity index (χ0v) is 28.9. The van der Waals surface area contributed by atoms with E-state index in [9.17, 15) is 19.2 Å². The van der Waals surface area contributed by atoms with Crippen molar-refractivity contribution in [2.24, 2.45) is 50.7 Å². The number of fused-ring (bicyclic) bond motifs is 7. The molecule has 0 saturated heterocycles. The second kappa shape index (κ2) is 11.3. The summed E-state index contributed by atoms with van der Waals surface area (Å²) in [6, 6.07) is 0. The van der Waals surface area contributed by atoms with Gasteiger partial charge in [0.05, 0.1) is 12.5 Å². The average Bonchev–Trinajstić information content (AvgIpc) is 2.95. The van der Waals surface area contributed by atoms with Gasteiger partial charge in [-0.25, -0.2) is 0 Å². The Kier molecular flexibility index (Phi) is 8.43. The highest BCUT2D eigenvalue weighted by atomic mass is 16.6. The fraction of sp³-hybridized carbons (Fsp3) is 0.784. The number of carbonyl (C=O) groups is 4. The summed E-state index contributed by atoms with van der Waals surface area (Å²) in [4.78, 5) is 50.6. The van der Waals surface area contributed by atoms with E-state index < -0.39 is 40.9 Å². The van der Waals surface area contributed by atoms with Gasteiger partial charge < -0.3 is 18.9 Å². The molecule has 250 valence electrons. The Morgan fingerprint density at radius 1 is 0.911 bits per heavy atom. The van der Waals surface area contributed by atoms with Crippen molar-refractivity contribution in [2.75, 3.05) is 13.7 Å². The number of methoxy groups -OCH3 is 1. The summed E-state index contributed by atoms with van der Waals surface area (Å²) in [5.41, 5.74) is 0.717. The standard InChI is InChI=1S/C37H54O8/c1-21-13-16-37(32(41)42-10)18-17-35(8)26(30(37)22(21)2)11-12-29-33(6)19-27(44-24(4)39)31(45-25(5)40)34(7,20-43-23(3)38)28(33)14-15-36(29,35)9/h11,22,27-31H,1,12-20H2,2-10H3/t22-,27+,28+,29+,30-,31-,33-,34-,35+,36+,37-/m0/s1. The van der Waals surface area contributed by atoms with Gasteiger partial charge in [0.15, 0.2) is 0 Å². The third-order valence-corrected chi connectivity index (χ3v) is 14.0. The van der Waals surface area contributed by atoms with Crippen molar-refractivity contribution in [3.63, 3.8) is 0 Å². The molecule has 11 atom stereocenters. The second-order valence-electron chi connectivity index (χ2n) is 16.0. The Balaban J connectivity index is 1.63. The average molecular weight is 627 g/mol. The van der Waals surface area contributed by atoms with Crippen LogP contribution in [0.2, 0.25) is 0 Å². The first kappa shape index (κ1) is 33.7. The van der Waals surface area contributed by atoms with Crippen LogP contribution in [-0.2, 0) is 38.1 Å². The Labute approximate surface area is 269 Å². The van der Waals surface area contributed by atoms with Gasteiger partial charge in [0, 0.05) is 32.1 Å². The van der Waals surface area contributed by atoms with Gasteiger partial charge in [-0.1, -0.05) is 58.4 Å².